The molecule has 25 heavy (non-hydrogen) atoms. The van der Waals surface area contributed by atoms with Crippen molar-refractivity contribution in [1.29, 1.82) is 0 Å². The number of nitrogens with zero attached hydrogens (tertiary/aromatic N) is 1. The highest BCUT2D eigenvalue weighted by Crippen LogP contribution is 2.45. The number of hydrogen-bond acceptors (Lipinski definition) is 1. The lowest BCUT2D eigenvalue weighted by Crippen LogP contribution is -2.35. The largest absolute Gasteiger partial charge is 0.356 e. The van der Waals surface area contributed by atoms with E-state index in [9.17, 15) is 9.18 Å². The number of rotatable bonds is 2. The summed E-state index contributed by atoms with van der Waals surface area (Å²) in [5.74, 6) is 0.286. The molecule has 0 radical (unpaired) electrons. The molecule has 1 saturated heterocycles. The highest BCUT2D eigenvalue weighted by Gasteiger charge is 2.44. The highest BCUT2D eigenvalue weighted by molar-refractivity contribution is 5.87. The van der Waals surface area contributed by atoms with Crippen molar-refractivity contribution in [3.05, 3.63) is 71.2 Å². The number of carbonyl (C=O) groups excluding carboxylic acids is 1. The van der Waals surface area contributed by atoms with Crippen molar-refractivity contribution in [3.8, 4) is 0 Å². The first-order chi connectivity index (χ1) is 12.2. The SMILES string of the molecule is O=C1C[C@@H](Cc2ccccc2)[C@H]2c3[nH]c4ccc(F)cc4c3CCN12. The maximum atomic E-state index is 13.7. The van der Waals surface area contributed by atoms with Gasteiger partial charge in [0.25, 0.3) is 0 Å². The maximum Gasteiger partial charge on any atom is 0.223 e. The zero-order chi connectivity index (χ0) is 17.0. The number of aromatic nitrogens is 1. The van der Waals surface area contributed by atoms with Crippen LogP contribution in [0.3, 0.4) is 0 Å². The molecule has 1 aromatic heterocycles. The van der Waals surface area contributed by atoms with Crippen LogP contribution >= 0.6 is 0 Å². The van der Waals surface area contributed by atoms with Gasteiger partial charge in [-0.1, -0.05) is 30.3 Å². The normalized spacial score (nSPS) is 22.3. The van der Waals surface area contributed by atoms with Gasteiger partial charge in [0.1, 0.15) is 5.82 Å². The number of H-pyrrole nitrogens is 1. The van der Waals surface area contributed by atoms with Crippen molar-refractivity contribution in [1.82, 2.24) is 9.88 Å². The van der Waals surface area contributed by atoms with Crippen molar-refractivity contribution in [2.45, 2.75) is 25.3 Å². The van der Waals surface area contributed by atoms with E-state index < -0.39 is 0 Å². The van der Waals surface area contributed by atoms with Crippen LogP contribution in [0.2, 0.25) is 0 Å². The van der Waals surface area contributed by atoms with Crippen LogP contribution in [0.5, 0.6) is 0 Å². The second-order valence-electron chi connectivity index (χ2n) is 7.14. The van der Waals surface area contributed by atoms with E-state index in [4.69, 9.17) is 0 Å². The second kappa shape index (κ2) is 5.45. The molecule has 1 fully saturated rings. The zero-order valence-electron chi connectivity index (χ0n) is 13.8. The fraction of sp³-hybridized carbons (Fsp3) is 0.286. The van der Waals surface area contributed by atoms with E-state index in [2.05, 4.69) is 17.1 Å². The minimum absolute atomic E-state index is 0.0758. The molecule has 2 aliphatic heterocycles. The summed E-state index contributed by atoms with van der Waals surface area (Å²) in [7, 11) is 0. The molecule has 2 aromatic carbocycles. The van der Waals surface area contributed by atoms with E-state index in [0.29, 0.717) is 6.42 Å². The van der Waals surface area contributed by atoms with Crippen LogP contribution in [0.1, 0.15) is 29.3 Å². The first kappa shape index (κ1) is 14.7. The summed E-state index contributed by atoms with van der Waals surface area (Å²) in [5, 5.41) is 0.965. The Kier molecular flexibility index (Phi) is 3.20. The number of hydrogen-bond donors (Lipinski definition) is 1. The van der Waals surface area contributed by atoms with Crippen molar-refractivity contribution in [3.63, 3.8) is 0 Å². The van der Waals surface area contributed by atoms with Crippen molar-refractivity contribution >= 4 is 16.8 Å². The van der Waals surface area contributed by atoms with E-state index in [1.165, 1.54) is 17.2 Å². The first-order valence-corrected chi connectivity index (χ1v) is 8.84. The molecular formula is C21H19FN2O. The molecule has 5 rings (SSSR count). The second-order valence-corrected chi connectivity index (χ2v) is 7.14. The van der Waals surface area contributed by atoms with E-state index in [-0.39, 0.29) is 23.7 Å². The number of fused-ring (bicyclic) bond motifs is 5. The van der Waals surface area contributed by atoms with Crippen LogP contribution in [0.15, 0.2) is 48.5 Å². The standard InChI is InChI=1S/C21H19FN2O/c22-15-6-7-18-17(12-15)16-8-9-24-19(25)11-14(21(24)20(16)23-18)10-13-4-2-1-3-5-13/h1-7,12,14,21,23H,8-11H2/t14-,21+/m1/s1. The minimum Gasteiger partial charge on any atom is -0.356 e. The Morgan fingerprint density at radius 2 is 2.00 bits per heavy atom. The third kappa shape index (κ3) is 2.28. The summed E-state index contributed by atoms with van der Waals surface area (Å²) in [5.41, 5.74) is 4.52. The number of halogens is 1. The summed E-state index contributed by atoms with van der Waals surface area (Å²) < 4.78 is 13.7. The summed E-state index contributed by atoms with van der Waals surface area (Å²) >= 11 is 0. The molecule has 1 amide bonds. The molecule has 0 bridgehead atoms. The molecule has 3 heterocycles. The summed E-state index contributed by atoms with van der Waals surface area (Å²) in [6.07, 6.45) is 2.26. The maximum absolute atomic E-state index is 13.7. The van der Waals surface area contributed by atoms with Crippen molar-refractivity contribution in [2.75, 3.05) is 6.54 Å². The fourth-order valence-corrected chi connectivity index (χ4v) is 4.61. The van der Waals surface area contributed by atoms with Gasteiger partial charge in [-0.3, -0.25) is 4.79 Å². The van der Waals surface area contributed by atoms with Gasteiger partial charge in [-0.2, -0.15) is 0 Å². The van der Waals surface area contributed by atoms with Gasteiger partial charge in [0.2, 0.25) is 5.91 Å². The molecular weight excluding hydrogens is 315 g/mol. The van der Waals surface area contributed by atoms with E-state index in [1.807, 2.05) is 23.1 Å². The predicted octanol–water partition coefficient (Wildman–Crippen LogP) is 4.00. The number of carbonyl (C=O) groups is 1. The Balaban J connectivity index is 1.59. The summed E-state index contributed by atoms with van der Waals surface area (Å²) in [6.45, 7) is 0.727. The molecule has 0 spiro atoms. The molecule has 0 aliphatic carbocycles. The number of benzene rings is 2. The van der Waals surface area contributed by atoms with E-state index in [0.717, 1.165) is 36.0 Å². The summed E-state index contributed by atoms with van der Waals surface area (Å²) in [4.78, 5) is 18.0. The molecule has 3 nitrogen and oxygen atoms in total. The molecule has 2 aliphatic rings. The highest BCUT2D eigenvalue weighted by atomic mass is 19.1. The Labute approximate surface area is 145 Å². The van der Waals surface area contributed by atoms with Gasteiger partial charge >= 0.3 is 0 Å². The van der Waals surface area contributed by atoms with Crippen LogP contribution < -0.4 is 0 Å². The molecule has 126 valence electrons. The summed E-state index contributed by atoms with van der Waals surface area (Å²) in [6, 6.07) is 15.3. The van der Waals surface area contributed by atoms with E-state index >= 15 is 0 Å². The number of aromatic amines is 1. The van der Waals surface area contributed by atoms with Crippen LogP contribution in [0, 0.1) is 11.7 Å². The van der Waals surface area contributed by atoms with Gasteiger partial charge in [-0.15, -0.1) is 0 Å². The van der Waals surface area contributed by atoms with Crippen molar-refractivity contribution in [2.24, 2.45) is 5.92 Å². The first-order valence-electron chi connectivity index (χ1n) is 8.84. The van der Waals surface area contributed by atoms with Gasteiger partial charge in [0.05, 0.1) is 6.04 Å². The number of nitrogens with one attached hydrogen (secondary N) is 1. The molecule has 0 saturated carbocycles. The zero-order valence-corrected chi connectivity index (χ0v) is 13.8. The molecule has 1 N–H and O–H groups in total. The van der Waals surface area contributed by atoms with Crippen molar-refractivity contribution < 1.29 is 9.18 Å². The Hall–Kier alpha value is -2.62. The van der Waals surface area contributed by atoms with Gasteiger partial charge in [-0.05, 0) is 48.1 Å². The smallest absolute Gasteiger partial charge is 0.223 e. The third-order valence-electron chi connectivity index (χ3n) is 5.68. The van der Waals surface area contributed by atoms with E-state index in [1.54, 1.807) is 12.1 Å². The Morgan fingerprint density at radius 3 is 2.84 bits per heavy atom. The Bertz CT molecular complexity index is 963. The quantitative estimate of drug-likeness (QED) is 0.756. The lowest BCUT2D eigenvalue weighted by Gasteiger charge is -2.33. The van der Waals surface area contributed by atoms with Crippen LogP contribution in [0.4, 0.5) is 4.39 Å². The minimum atomic E-state index is -0.208. The van der Waals surface area contributed by atoms with Gasteiger partial charge in [0.15, 0.2) is 0 Å². The lowest BCUT2D eigenvalue weighted by molar-refractivity contribution is -0.129. The monoisotopic (exact) mass is 334 g/mol. The molecule has 4 heteroatoms. The third-order valence-corrected chi connectivity index (χ3v) is 5.68. The topological polar surface area (TPSA) is 36.1 Å². The van der Waals surface area contributed by atoms with Crippen LogP contribution in [0.25, 0.3) is 10.9 Å². The van der Waals surface area contributed by atoms with Crippen LogP contribution in [-0.4, -0.2) is 22.3 Å². The number of amides is 1. The Morgan fingerprint density at radius 1 is 1.16 bits per heavy atom. The molecule has 3 aromatic rings. The van der Waals surface area contributed by atoms with Gasteiger partial charge in [-0.25, -0.2) is 4.39 Å². The average Bonchev–Trinajstić information content (AvgIpc) is 3.13. The molecule has 0 unspecified atom stereocenters. The van der Waals surface area contributed by atoms with Gasteiger partial charge < -0.3 is 9.88 Å². The average molecular weight is 334 g/mol. The predicted molar refractivity (Wildman–Crippen MR) is 94.7 cm³/mol. The van der Waals surface area contributed by atoms with Crippen LogP contribution in [-0.2, 0) is 17.6 Å². The van der Waals surface area contributed by atoms with Gasteiger partial charge in [0, 0.05) is 29.6 Å². The lowest BCUT2D eigenvalue weighted by atomic mass is 9.87. The fourth-order valence-electron chi connectivity index (χ4n) is 4.61. The molecule has 2 atom stereocenters.